The van der Waals surface area contributed by atoms with E-state index in [-0.39, 0.29) is 4.90 Å². The average molecular weight is 433 g/mol. The Kier molecular flexibility index (Phi) is 5.58. The number of nitrogens with one attached hydrogen (secondary N) is 1. The molecule has 0 aliphatic carbocycles. The monoisotopic (exact) mass is 432 g/mol. The zero-order chi connectivity index (χ0) is 21.3. The van der Waals surface area contributed by atoms with Crippen molar-refractivity contribution in [3.63, 3.8) is 0 Å². The molecule has 160 valence electrons. The van der Waals surface area contributed by atoms with Crippen LogP contribution in [0.4, 0.5) is 0 Å². The smallest absolute Gasteiger partial charge is 0.246 e. The number of rotatable bonds is 6. The predicted octanol–water partition coefficient (Wildman–Crippen LogP) is 1.59. The van der Waals surface area contributed by atoms with E-state index in [4.69, 9.17) is 9.26 Å². The number of aromatic nitrogens is 4. The van der Waals surface area contributed by atoms with E-state index in [0.717, 1.165) is 11.3 Å². The molecule has 0 atom stereocenters. The summed E-state index contributed by atoms with van der Waals surface area (Å²) in [7, 11) is -1.95. The maximum absolute atomic E-state index is 13.0. The summed E-state index contributed by atoms with van der Waals surface area (Å²) in [6.45, 7) is 5.84. The zero-order valence-electron chi connectivity index (χ0n) is 17.1. The van der Waals surface area contributed by atoms with E-state index in [0.29, 0.717) is 55.8 Å². The standard InChI is InChI=1S/C19H24N6O4S/c1-13-18(14(2)22-21-13)30(26,27)25-10-8-24(9-11-25)12-17-20-19(23-29-17)15-4-6-16(28-3)7-5-15/h4-7H,8-12H2,1-3H3,(H,21,22). The summed E-state index contributed by atoms with van der Waals surface area (Å²) in [5.74, 6) is 1.77. The first-order chi connectivity index (χ1) is 14.4. The summed E-state index contributed by atoms with van der Waals surface area (Å²) < 4.78 is 38.0. The van der Waals surface area contributed by atoms with Crippen LogP contribution in [0.1, 0.15) is 17.3 Å². The fourth-order valence-corrected chi connectivity index (χ4v) is 5.30. The van der Waals surface area contributed by atoms with Crippen LogP contribution >= 0.6 is 0 Å². The van der Waals surface area contributed by atoms with Crippen LogP contribution in [0.5, 0.6) is 5.75 Å². The lowest BCUT2D eigenvalue weighted by molar-refractivity contribution is 0.163. The molecule has 0 spiro atoms. The lowest BCUT2D eigenvalue weighted by Gasteiger charge is -2.33. The molecule has 1 aliphatic heterocycles. The van der Waals surface area contributed by atoms with Gasteiger partial charge >= 0.3 is 0 Å². The van der Waals surface area contributed by atoms with Crippen molar-refractivity contribution in [2.45, 2.75) is 25.3 Å². The van der Waals surface area contributed by atoms with Crippen LogP contribution in [0, 0.1) is 13.8 Å². The van der Waals surface area contributed by atoms with Crippen LogP contribution in [-0.2, 0) is 16.6 Å². The number of nitrogens with zero attached hydrogens (tertiary/aromatic N) is 5. The number of sulfonamides is 1. The molecule has 10 nitrogen and oxygen atoms in total. The Morgan fingerprint density at radius 3 is 2.43 bits per heavy atom. The Bertz CT molecular complexity index is 1090. The van der Waals surface area contributed by atoms with Crippen LogP contribution in [0.2, 0.25) is 0 Å². The van der Waals surface area contributed by atoms with Gasteiger partial charge in [-0.2, -0.15) is 14.4 Å². The molecule has 30 heavy (non-hydrogen) atoms. The van der Waals surface area contributed by atoms with Gasteiger partial charge in [0, 0.05) is 31.7 Å². The summed E-state index contributed by atoms with van der Waals surface area (Å²) in [5, 5.41) is 10.8. The number of hydrogen-bond acceptors (Lipinski definition) is 8. The number of methoxy groups -OCH3 is 1. The van der Waals surface area contributed by atoms with Crippen molar-refractivity contribution in [1.82, 2.24) is 29.5 Å². The van der Waals surface area contributed by atoms with Crippen molar-refractivity contribution in [3.8, 4) is 17.1 Å². The number of hydrogen-bond donors (Lipinski definition) is 1. The summed E-state index contributed by atoms with van der Waals surface area (Å²) in [6, 6.07) is 7.43. The van der Waals surface area contributed by atoms with E-state index in [9.17, 15) is 8.42 Å². The van der Waals surface area contributed by atoms with Gasteiger partial charge in [-0.3, -0.25) is 10.00 Å². The molecule has 3 heterocycles. The Balaban J connectivity index is 1.38. The van der Waals surface area contributed by atoms with Gasteiger partial charge in [0.25, 0.3) is 0 Å². The highest BCUT2D eigenvalue weighted by Gasteiger charge is 2.32. The van der Waals surface area contributed by atoms with Crippen LogP contribution in [0.15, 0.2) is 33.7 Å². The van der Waals surface area contributed by atoms with Crippen molar-refractivity contribution in [1.29, 1.82) is 0 Å². The molecule has 0 radical (unpaired) electrons. The minimum Gasteiger partial charge on any atom is -0.497 e. The fraction of sp³-hybridized carbons (Fsp3) is 0.421. The Labute approximate surface area is 174 Å². The van der Waals surface area contributed by atoms with Gasteiger partial charge in [-0.1, -0.05) is 5.16 Å². The van der Waals surface area contributed by atoms with Crippen molar-refractivity contribution in [2.24, 2.45) is 0 Å². The Morgan fingerprint density at radius 1 is 1.13 bits per heavy atom. The predicted molar refractivity (Wildman–Crippen MR) is 108 cm³/mol. The second kappa shape index (κ2) is 8.17. The van der Waals surface area contributed by atoms with E-state index in [1.165, 1.54) is 4.31 Å². The molecule has 0 unspecified atom stereocenters. The summed E-state index contributed by atoms with van der Waals surface area (Å²) in [5.41, 5.74) is 1.89. The maximum atomic E-state index is 13.0. The van der Waals surface area contributed by atoms with Crippen LogP contribution in [0.25, 0.3) is 11.4 Å². The Hall–Kier alpha value is -2.76. The quantitative estimate of drug-likeness (QED) is 0.624. The molecule has 0 bridgehead atoms. The highest BCUT2D eigenvalue weighted by atomic mass is 32.2. The van der Waals surface area contributed by atoms with E-state index in [1.807, 2.05) is 24.3 Å². The summed E-state index contributed by atoms with van der Waals surface area (Å²) in [4.78, 5) is 6.84. The largest absolute Gasteiger partial charge is 0.497 e. The third-order valence-corrected chi connectivity index (χ3v) is 7.33. The summed E-state index contributed by atoms with van der Waals surface area (Å²) in [6.07, 6.45) is 0. The lowest BCUT2D eigenvalue weighted by Crippen LogP contribution is -2.48. The molecule has 1 saturated heterocycles. The van der Waals surface area contributed by atoms with Gasteiger partial charge < -0.3 is 9.26 Å². The molecule has 4 rings (SSSR count). The van der Waals surface area contributed by atoms with Gasteiger partial charge in [-0.05, 0) is 38.1 Å². The molecule has 1 aliphatic rings. The molecule has 11 heteroatoms. The van der Waals surface area contributed by atoms with Gasteiger partial charge in [0.05, 0.1) is 25.0 Å². The number of benzene rings is 1. The molecular formula is C19H24N6O4S. The van der Waals surface area contributed by atoms with E-state index in [1.54, 1.807) is 21.0 Å². The zero-order valence-corrected chi connectivity index (χ0v) is 17.9. The number of aromatic amines is 1. The highest BCUT2D eigenvalue weighted by molar-refractivity contribution is 7.89. The molecule has 1 N–H and O–H groups in total. The third-order valence-electron chi connectivity index (χ3n) is 5.16. The minimum atomic E-state index is -3.56. The van der Waals surface area contributed by atoms with Gasteiger partial charge in [-0.15, -0.1) is 0 Å². The molecular weight excluding hydrogens is 408 g/mol. The minimum absolute atomic E-state index is 0.275. The van der Waals surface area contributed by atoms with Crippen LogP contribution in [0.3, 0.4) is 0 Å². The SMILES string of the molecule is COc1ccc(-c2noc(CN3CCN(S(=O)(=O)c4c(C)n[nH]c4C)CC3)n2)cc1. The number of aryl methyl sites for hydroxylation is 2. The second-order valence-electron chi connectivity index (χ2n) is 7.18. The third kappa shape index (κ3) is 3.95. The molecule has 0 amide bonds. The molecule has 3 aromatic rings. The van der Waals surface area contributed by atoms with Gasteiger partial charge in [0.15, 0.2) is 0 Å². The second-order valence-corrected chi connectivity index (χ2v) is 9.06. The first kappa shape index (κ1) is 20.5. The topological polar surface area (TPSA) is 117 Å². The normalized spacial score (nSPS) is 16.1. The van der Waals surface area contributed by atoms with E-state index < -0.39 is 10.0 Å². The maximum Gasteiger partial charge on any atom is 0.246 e. The van der Waals surface area contributed by atoms with E-state index >= 15 is 0 Å². The first-order valence-corrected chi connectivity index (χ1v) is 11.0. The van der Waals surface area contributed by atoms with Crippen LogP contribution in [-0.4, -0.2) is 71.2 Å². The Morgan fingerprint density at radius 2 is 1.83 bits per heavy atom. The van der Waals surface area contributed by atoms with Crippen LogP contribution < -0.4 is 4.74 Å². The molecule has 1 fully saturated rings. The number of H-pyrrole nitrogens is 1. The van der Waals surface area contributed by atoms with Crippen molar-refractivity contribution in [3.05, 3.63) is 41.5 Å². The number of ether oxygens (including phenoxy) is 1. The van der Waals surface area contributed by atoms with Gasteiger partial charge in [0.1, 0.15) is 10.6 Å². The van der Waals surface area contributed by atoms with Crippen molar-refractivity contribution >= 4 is 10.0 Å². The fourth-order valence-electron chi connectivity index (χ4n) is 3.55. The average Bonchev–Trinajstić information content (AvgIpc) is 3.35. The molecule has 1 aromatic carbocycles. The number of piperazine rings is 1. The molecule has 0 saturated carbocycles. The lowest BCUT2D eigenvalue weighted by atomic mass is 10.2. The molecule has 2 aromatic heterocycles. The van der Waals surface area contributed by atoms with Gasteiger partial charge in [0.2, 0.25) is 21.7 Å². The van der Waals surface area contributed by atoms with E-state index in [2.05, 4.69) is 25.2 Å². The first-order valence-electron chi connectivity index (χ1n) is 9.59. The van der Waals surface area contributed by atoms with Crippen molar-refractivity contribution in [2.75, 3.05) is 33.3 Å². The van der Waals surface area contributed by atoms with Crippen molar-refractivity contribution < 1.29 is 17.7 Å². The summed E-state index contributed by atoms with van der Waals surface area (Å²) >= 11 is 0. The highest BCUT2D eigenvalue weighted by Crippen LogP contribution is 2.24. The van der Waals surface area contributed by atoms with Gasteiger partial charge in [-0.25, -0.2) is 8.42 Å².